The summed E-state index contributed by atoms with van der Waals surface area (Å²) in [6, 6.07) is 3.16. The van der Waals surface area contributed by atoms with Crippen LogP contribution in [-0.2, 0) is 4.74 Å². The maximum absolute atomic E-state index is 11.6. The molecule has 19 heavy (non-hydrogen) atoms. The van der Waals surface area contributed by atoms with E-state index < -0.39 is 5.97 Å². The average molecular weight is 265 g/mol. The van der Waals surface area contributed by atoms with Crippen LogP contribution in [0.25, 0.3) is 0 Å². The maximum Gasteiger partial charge on any atom is 0.341 e. The number of hydrogen-bond acceptors (Lipinski definition) is 5. The first-order valence-electron chi connectivity index (χ1n) is 6.37. The number of methoxy groups -OCH3 is 2. The fourth-order valence-corrected chi connectivity index (χ4v) is 2.47. The Morgan fingerprint density at radius 3 is 2.79 bits per heavy atom. The molecule has 0 spiro atoms. The summed E-state index contributed by atoms with van der Waals surface area (Å²) in [7, 11) is 2.86. The van der Waals surface area contributed by atoms with Crippen molar-refractivity contribution >= 4 is 5.97 Å². The van der Waals surface area contributed by atoms with Crippen molar-refractivity contribution in [3.63, 3.8) is 0 Å². The zero-order chi connectivity index (χ0) is 13.8. The van der Waals surface area contributed by atoms with Crippen LogP contribution in [0.1, 0.15) is 34.7 Å². The molecule has 1 aliphatic rings. The van der Waals surface area contributed by atoms with Crippen LogP contribution in [-0.4, -0.2) is 38.4 Å². The zero-order valence-corrected chi connectivity index (χ0v) is 11.2. The SMILES string of the molecule is COC(=O)c1cc(C2CCCNC2)c(OC)cc1O. The van der Waals surface area contributed by atoms with E-state index in [4.69, 9.17) is 4.74 Å². The van der Waals surface area contributed by atoms with Gasteiger partial charge in [0.05, 0.1) is 14.2 Å². The fourth-order valence-electron chi connectivity index (χ4n) is 2.47. The van der Waals surface area contributed by atoms with Crippen molar-refractivity contribution in [2.24, 2.45) is 0 Å². The van der Waals surface area contributed by atoms with Gasteiger partial charge in [0.15, 0.2) is 0 Å². The van der Waals surface area contributed by atoms with Gasteiger partial charge in [-0.15, -0.1) is 0 Å². The highest BCUT2D eigenvalue weighted by Crippen LogP contribution is 2.36. The van der Waals surface area contributed by atoms with Gasteiger partial charge in [-0.05, 0) is 31.0 Å². The summed E-state index contributed by atoms with van der Waals surface area (Å²) in [5.74, 6) is 0.243. The Bertz CT molecular complexity index is 467. The number of phenols is 1. The lowest BCUT2D eigenvalue weighted by Crippen LogP contribution is -2.28. The number of nitrogens with one attached hydrogen (secondary N) is 1. The first kappa shape index (κ1) is 13.7. The van der Waals surface area contributed by atoms with Crippen molar-refractivity contribution in [2.75, 3.05) is 27.3 Å². The number of phenolic OH excluding ortho intramolecular Hbond substituents is 1. The normalized spacial score (nSPS) is 18.9. The summed E-state index contributed by atoms with van der Waals surface area (Å²) in [5, 5.41) is 13.2. The summed E-state index contributed by atoms with van der Waals surface area (Å²) in [5.41, 5.74) is 1.12. The maximum atomic E-state index is 11.6. The molecule has 1 aliphatic heterocycles. The Labute approximate surface area is 112 Å². The van der Waals surface area contributed by atoms with Gasteiger partial charge in [-0.2, -0.15) is 0 Å². The number of rotatable bonds is 3. The standard InChI is InChI=1S/C14H19NO4/c1-18-13-7-12(16)11(14(17)19-2)6-10(13)9-4-3-5-15-8-9/h6-7,9,15-16H,3-5,8H2,1-2H3. The number of carbonyl (C=O) groups excluding carboxylic acids is 1. The second kappa shape index (κ2) is 5.93. The highest BCUT2D eigenvalue weighted by Gasteiger charge is 2.23. The number of hydrogen-bond donors (Lipinski definition) is 2. The minimum absolute atomic E-state index is 0.115. The molecule has 2 rings (SSSR count). The number of benzene rings is 1. The molecular formula is C14H19NO4. The quantitative estimate of drug-likeness (QED) is 0.813. The lowest BCUT2D eigenvalue weighted by atomic mass is 9.89. The second-order valence-electron chi connectivity index (χ2n) is 4.65. The van der Waals surface area contributed by atoms with E-state index in [1.807, 2.05) is 0 Å². The largest absolute Gasteiger partial charge is 0.507 e. The highest BCUT2D eigenvalue weighted by atomic mass is 16.5. The van der Waals surface area contributed by atoms with Gasteiger partial charge in [0.1, 0.15) is 17.1 Å². The topological polar surface area (TPSA) is 67.8 Å². The van der Waals surface area contributed by atoms with Gasteiger partial charge in [-0.25, -0.2) is 4.79 Å². The third-order valence-electron chi connectivity index (χ3n) is 3.49. The van der Waals surface area contributed by atoms with Crippen LogP contribution in [0, 0.1) is 0 Å². The van der Waals surface area contributed by atoms with Gasteiger partial charge < -0.3 is 19.9 Å². The highest BCUT2D eigenvalue weighted by molar-refractivity contribution is 5.93. The van der Waals surface area contributed by atoms with Crippen LogP contribution in [0.3, 0.4) is 0 Å². The van der Waals surface area contributed by atoms with Crippen LogP contribution in [0.4, 0.5) is 0 Å². The van der Waals surface area contributed by atoms with E-state index in [2.05, 4.69) is 10.1 Å². The summed E-state index contributed by atoms with van der Waals surface area (Å²) < 4.78 is 9.99. The molecule has 1 atom stereocenters. The van der Waals surface area contributed by atoms with Gasteiger partial charge in [-0.3, -0.25) is 0 Å². The summed E-state index contributed by atoms with van der Waals surface area (Å²) >= 11 is 0. The number of ether oxygens (including phenoxy) is 2. The van der Waals surface area contributed by atoms with Crippen molar-refractivity contribution in [2.45, 2.75) is 18.8 Å². The third kappa shape index (κ3) is 2.81. The van der Waals surface area contributed by atoms with Gasteiger partial charge in [0.2, 0.25) is 0 Å². The predicted octanol–water partition coefficient (Wildman–Crippen LogP) is 1.65. The Balaban J connectivity index is 2.41. The number of esters is 1. The van der Waals surface area contributed by atoms with Crippen LogP contribution >= 0.6 is 0 Å². The minimum Gasteiger partial charge on any atom is -0.507 e. The zero-order valence-electron chi connectivity index (χ0n) is 11.2. The van der Waals surface area contributed by atoms with E-state index in [0.717, 1.165) is 31.5 Å². The van der Waals surface area contributed by atoms with Crippen LogP contribution in [0.2, 0.25) is 0 Å². The Morgan fingerprint density at radius 1 is 1.42 bits per heavy atom. The average Bonchev–Trinajstić information content (AvgIpc) is 2.47. The van der Waals surface area contributed by atoms with E-state index in [9.17, 15) is 9.90 Å². The van der Waals surface area contributed by atoms with Crippen LogP contribution in [0.15, 0.2) is 12.1 Å². The van der Waals surface area contributed by atoms with Gasteiger partial charge >= 0.3 is 5.97 Å². The van der Waals surface area contributed by atoms with Crippen molar-refractivity contribution in [1.82, 2.24) is 5.32 Å². The number of aromatic hydroxyl groups is 1. The first-order chi connectivity index (χ1) is 9.17. The van der Waals surface area contributed by atoms with E-state index in [1.54, 1.807) is 13.2 Å². The number of piperidine rings is 1. The molecule has 0 radical (unpaired) electrons. The Kier molecular flexibility index (Phi) is 4.27. The molecule has 1 unspecified atom stereocenters. The van der Waals surface area contributed by atoms with Crippen molar-refractivity contribution < 1.29 is 19.4 Å². The molecule has 0 aromatic heterocycles. The van der Waals surface area contributed by atoms with E-state index >= 15 is 0 Å². The van der Waals surface area contributed by atoms with Crippen LogP contribution in [0.5, 0.6) is 11.5 Å². The second-order valence-corrected chi connectivity index (χ2v) is 4.65. The molecular weight excluding hydrogens is 246 g/mol. The smallest absolute Gasteiger partial charge is 0.341 e. The summed E-state index contributed by atoms with van der Waals surface area (Å²) in [6.07, 6.45) is 2.12. The molecule has 1 heterocycles. The fraction of sp³-hybridized carbons (Fsp3) is 0.500. The Morgan fingerprint density at radius 2 is 2.21 bits per heavy atom. The molecule has 0 saturated carbocycles. The van der Waals surface area contributed by atoms with Gasteiger partial charge in [0, 0.05) is 18.5 Å². The molecule has 0 aliphatic carbocycles. The van der Waals surface area contributed by atoms with Crippen molar-refractivity contribution in [3.8, 4) is 11.5 Å². The first-order valence-corrected chi connectivity index (χ1v) is 6.37. The predicted molar refractivity (Wildman–Crippen MR) is 70.8 cm³/mol. The van der Waals surface area contributed by atoms with Gasteiger partial charge in [0.25, 0.3) is 0 Å². The summed E-state index contributed by atoms with van der Waals surface area (Å²) in [6.45, 7) is 1.86. The van der Waals surface area contributed by atoms with Gasteiger partial charge in [-0.1, -0.05) is 0 Å². The monoisotopic (exact) mass is 265 g/mol. The van der Waals surface area contributed by atoms with Crippen molar-refractivity contribution in [1.29, 1.82) is 0 Å². The molecule has 5 nitrogen and oxygen atoms in total. The molecule has 2 N–H and O–H groups in total. The molecule has 1 fully saturated rings. The lowest BCUT2D eigenvalue weighted by molar-refractivity contribution is 0.0597. The molecule has 104 valence electrons. The molecule has 1 aromatic carbocycles. The molecule has 5 heteroatoms. The summed E-state index contributed by atoms with van der Waals surface area (Å²) in [4.78, 5) is 11.6. The molecule has 0 amide bonds. The number of carbonyl (C=O) groups is 1. The molecule has 1 saturated heterocycles. The minimum atomic E-state index is -0.537. The van der Waals surface area contributed by atoms with E-state index in [1.165, 1.54) is 13.2 Å². The van der Waals surface area contributed by atoms with E-state index in [0.29, 0.717) is 5.75 Å². The lowest BCUT2D eigenvalue weighted by Gasteiger charge is -2.25. The third-order valence-corrected chi connectivity index (χ3v) is 3.49. The van der Waals surface area contributed by atoms with E-state index in [-0.39, 0.29) is 17.2 Å². The molecule has 0 bridgehead atoms. The molecule has 1 aromatic rings. The van der Waals surface area contributed by atoms with Crippen molar-refractivity contribution in [3.05, 3.63) is 23.3 Å². The Hall–Kier alpha value is -1.75. The van der Waals surface area contributed by atoms with Crippen LogP contribution < -0.4 is 10.1 Å².